The zero-order valence-electron chi connectivity index (χ0n) is 17.2. The summed E-state index contributed by atoms with van der Waals surface area (Å²) in [5, 5.41) is 0.731. The number of carbonyl (C=O) groups is 2. The number of amides is 1. The van der Waals surface area contributed by atoms with Crippen LogP contribution in [0, 0.1) is 20.8 Å². The van der Waals surface area contributed by atoms with Crippen LogP contribution in [0.5, 0.6) is 0 Å². The first-order chi connectivity index (χ1) is 14.2. The number of thiazole rings is 1. The molecule has 0 saturated carbocycles. The highest BCUT2D eigenvalue weighted by Gasteiger charge is 2.17. The fourth-order valence-electron chi connectivity index (χ4n) is 3.31. The molecule has 0 unspecified atom stereocenters. The number of benzene rings is 1. The first kappa shape index (κ1) is 22.6. The second-order valence-electron chi connectivity index (χ2n) is 7.16. The molecule has 0 saturated heterocycles. The molecular weight excluding hydrogens is 438 g/mol. The van der Waals surface area contributed by atoms with Crippen LogP contribution >= 0.6 is 34.7 Å². The topological polar surface area (TPSA) is 78.0 Å². The van der Waals surface area contributed by atoms with Gasteiger partial charge in [-0.25, -0.2) is 4.98 Å². The molecule has 0 aliphatic rings. The predicted octanol–water partition coefficient (Wildman–Crippen LogP) is 4.77. The fourth-order valence-corrected chi connectivity index (χ4v) is 5.56. The lowest BCUT2D eigenvalue weighted by Crippen LogP contribution is -2.13. The van der Waals surface area contributed by atoms with Crippen molar-refractivity contribution in [2.75, 3.05) is 5.75 Å². The number of halogens is 1. The average Bonchev–Trinajstić information content (AvgIpc) is 3.18. The minimum Gasteiger partial charge on any atom is -0.369 e. The Morgan fingerprint density at radius 1 is 1.20 bits per heavy atom. The maximum Gasteiger partial charge on any atom is 0.222 e. The molecule has 2 heterocycles. The van der Waals surface area contributed by atoms with Gasteiger partial charge in [-0.3, -0.25) is 9.59 Å². The van der Waals surface area contributed by atoms with Crippen LogP contribution in [0.4, 0.5) is 0 Å². The van der Waals surface area contributed by atoms with E-state index in [-0.39, 0.29) is 18.1 Å². The van der Waals surface area contributed by atoms with Crippen LogP contribution in [0.1, 0.15) is 37.9 Å². The number of primary amides is 1. The number of nitrogens with zero attached hydrogens (tertiary/aromatic N) is 2. The van der Waals surface area contributed by atoms with E-state index >= 15 is 0 Å². The number of Topliss-reactive ketones (excluding diaryl/α,β-unsaturated/α-hetero) is 1. The van der Waals surface area contributed by atoms with E-state index in [0.29, 0.717) is 5.75 Å². The molecule has 158 valence electrons. The van der Waals surface area contributed by atoms with Gasteiger partial charge in [0.05, 0.1) is 17.9 Å². The molecule has 3 aromatic rings. The largest absolute Gasteiger partial charge is 0.369 e. The van der Waals surface area contributed by atoms with Crippen LogP contribution in [-0.4, -0.2) is 27.0 Å². The minimum absolute atomic E-state index is 0.0788. The van der Waals surface area contributed by atoms with E-state index in [1.54, 1.807) is 0 Å². The normalized spacial score (nSPS) is 11.1. The highest BCUT2D eigenvalue weighted by Crippen LogP contribution is 2.29. The highest BCUT2D eigenvalue weighted by molar-refractivity contribution is 8.01. The second-order valence-corrected chi connectivity index (χ2v) is 9.90. The van der Waals surface area contributed by atoms with Gasteiger partial charge >= 0.3 is 0 Å². The number of nitrogens with two attached hydrogens (primary N) is 1. The van der Waals surface area contributed by atoms with Gasteiger partial charge in [0.2, 0.25) is 5.91 Å². The van der Waals surface area contributed by atoms with Crippen molar-refractivity contribution in [3.63, 3.8) is 0 Å². The van der Waals surface area contributed by atoms with Crippen molar-refractivity contribution in [3.8, 4) is 0 Å². The average molecular weight is 462 g/mol. The molecule has 0 aliphatic heterocycles. The van der Waals surface area contributed by atoms with Gasteiger partial charge in [0.15, 0.2) is 10.1 Å². The Morgan fingerprint density at radius 2 is 1.90 bits per heavy atom. The third kappa shape index (κ3) is 5.53. The molecule has 2 aromatic heterocycles. The van der Waals surface area contributed by atoms with E-state index in [0.717, 1.165) is 49.9 Å². The van der Waals surface area contributed by atoms with E-state index in [9.17, 15) is 9.59 Å². The van der Waals surface area contributed by atoms with Crippen molar-refractivity contribution in [2.45, 2.75) is 44.5 Å². The molecule has 0 atom stereocenters. The van der Waals surface area contributed by atoms with E-state index in [2.05, 4.69) is 9.55 Å². The van der Waals surface area contributed by atoms with E-state index < -0.39 is 0 Å². The molecule has 2 N–H and O–H groups in total. The second kappa shape index (κ2) is 9.81. The maximum atomic E-state index is 12.8. The number of aryl methyl sites for hydroxylation is 3. The maximum absolute atomic E-state index is 12.8. The summed E-state index contributed by atoms with van der Waals surface area (Å²) < 4.78 is 2.97. The molecule has 0 bridgehead atoms. The number of ketones is 1. The Hall–Kier alpha value is -2.09. The summed E-state index contributed by atoms with van der Waals surface area (Å²) in [6.45, 7) is 6.68. The number of rotatable bonds is 9. The van der Waals surface area contributed by atoms with Gasteiger partial charge in [-0.1, -0.05) is 35.5 Å². The zero-order chi connectivity index (χ0) is 21.8. The van der Waals surface area contributed by atoms with Crippen LogP contribution in [0.3, 0.4) is 0 Å². The van der Waals surface area contributed by atoms with Crippen LogP contribution in [0.15, 0.2) is 34.7 Å². The van der Waals surface area contributed by atoms with Gasteiger partial charge in [-0.15, -0.1) is 11.3 Å². The molecule has 0 spiro atoms. The molecule has 3 rings (SSSR count). The number of hydrogen-bond donors (Lipinski definition) is 1. The van der Waals surface area contributed by atoms with Crippen LogP contribution in [0.25, 0.3) is 0 Å². The third-order valence-corrected chi connectivity index (χ3v) is 7.50. The summed E-state index contributed by atoms with van der Waals surface area (Å²) in [4.78, 5) is 29.3. The Kier molecular flexibility index (Phi) is 7.39. The van der Waals surface area contributed by atoms with Crippen LogP contribution in [-0.2, 0) is 24.2 Å². The van der Waals surface area contributed by atoms with Crippen molar-refractivity contribution < 1.29 is 9.59 Å². The molecule has 5 nitrogen and oxygen atoms in total. The third-order valence-electron chi connectivity index (χ3n) is 4.95. The summed E-state index contributed by atoms with van der Waals surface area (Å²) in [7, 11) is 0. The molecule has 1 aromatic carbocycles. The van der Waals surface area contributed by atoms with Crippen molar-refractivity contribution in [2.24, 2.45) is 5.73 Å². The van der Waals surface area contributed by atoms with Gasteiger partial charge in [-0.05, 0) is 51.0 Å². The SMILES string of the molecule is Cc1nc(SCC(=O)c2cc(C)n(CCc3ccc(Cl)cc3)c2C)sc1CC(N)=O. The summed E-state index contributed by atoms with van der Waals surface area (Å²) in [5.74, 6) is 0.0142. The lowest BCUT2D eigenvalue weighted by molar-refractivity contribution is -0.117. The lowest BCUT2D eigenvalue weighted by Gasteiger charge is -2.10. The van der Waals surface area contributed by atoms with Gasteiger partial charge in [0, 0.05) is 33.4 Å². The summed E-state index contributed by atoms with van der Waals surface area (Å²) in [5.41, 5.74) is 10.1. The number of carbonyl (C=O) groups excluding carboxylic acids is 2. The Bertz CT molecular complexity index is 1070. The van der Waals surface area contributed by atoms with Gasteiger partial charge in [0.1, 0.15) is 0 Å². The van der Waals surface area contributed by atoms with Crippen molar-refractivity contribution >= 4 is 46.4 Å². The number of hydrogen-bond acceptors (Lipinski definition) is 5. The van der Waals surface area contributed by atoms with Gasteiger partial charge in [-0.2, -0.15) is 0 Å². The lowest BCUT2D eigenvalue weighted by atomic mass is 10.1. The molecule has 0 aliphatic carbocycles. The Balaban J connectivity index is 1.64. The first-order valence-electron chi connectivity index (χ1n) is 9.56. The summed E-state index contributed by atoms with van der Waals surface area (Å²) >= 11 is 8.79. The smallest absolute Gasteiger partial charge is 0.222 e. The molecule has 0 radical (unpaired) electrons. The highest BCUT2D eigenvalue weighted by atomic mass is 35.5. The zero-order valence-corrected chi connectivity index (χ0v) is 19.6. The molecule has 30 heavy (non-hydrogen) atoms. The first-order valence-corrected chi connectivity index (χ1v) is 11.7. The number of thioether (sulfide) groups is 1. The Morgan fingerprint density at radius 3 is 2.57 bits per heavy atom. The summed E-state index contributed by atoms with van der Waals surface area (Å²) in [6, 6.07) is 9.82. The van der Waals surface area contributed by atoms with Crippen LogP contribution < -0.4 is 5.73 Å². The molecule has 0 fully saturated rings. The monoisotopic (exact) mass is 461 g/mol. The standard InChI is InChI=1S/C22H24ClN3O2S2/c1-13-10-18(15(3)26(13)9-8-16-4-6-17(23)7-5-16)19(27)12-29-22-25-14(2)20(30-22)11-21(24)28/h4-7,10H,8-9,11-12H2,1-3H3,(H2,24,28). The fraction of sp³-hybridized carbons (Fsp3) is 0.318. The van der Waals surface area contributed by atoms with E-state index in [1.165, 1.54) is 28.7 Å². The van der Waals surface area contributed by atoms with Gasteiger partial charge in [0.25, 0.3) is 0 Å². The molecular formula is C22H24ClN3O2S2. The quantitative estimate of drug-likeness (QED) is 0.367. The number of aromatic nitrogens is 2. The predicted molar refractivity (Wildman–Crippen MR) is 124 cm³/mol. The molecule has 1 amide bonds. The minimum atomic E-state index is -0.375. The van der Waals surface area contributed by atoms with Crippen molar-refractivity contribution in [1.29, 1.82) is 0 Å². The summed E-state index contributed by atoms with van der Waals surface area (Å²) in [6.07, 6.45) is 1.06. The van der Waals surface area contributed by atoms with Gasteiger partial charge < -0.3 is 10.3 Å². The van der Waals surface area contributed by atoms with Crippen molar-refractivity contribution in [3.05, 3.63) is 68.4 Å². The van der Waals surface area contributed by atoms with Crippen molar-refractivity contribution in [1.82, 2.24) is 9.55 Å². The van der Waals surface area contributed by atoms with E-state index in [4.69, 9.17) is 17.3 Å². The van der Waals surface area contributed by atoms with Crippen LogP contribution in [0.2, 0.25) is 5.02 Å². The molecule has 8 heteroatoms. The Labute approximate surface area is 189 Å². The van der Waals surface area contributed by atoms with E-state index in [1.807, 2.05) is 51.1 Å².